The molecule has 178 valence electrons. The first-order valence-electron chi connectivity index (χ1n) is 10.9. The molecule has 1 aromatic carbocycles. The largest absolute Gasteiger partial charge is 0.423 e. The molecule has 0 saturated heterocycles. The Kier molecular flexibility index (Phi) is 8.53. The lowest BCUT2D eigenvalue weighted by Gasteiger charge is -2.32. The summed E-state index contributed by atoms with van der Waals surface area (Å²) in [5.41, 5.74) is 8.84. The van der Waals surface area contributed by atoms with Crippen LogP contribution in [0.4, 0.5) is 18.9 Å². The number of nitrogen functional groups attached to an aromatic ring is 1. The van der Waals surface area contributed by atoms with E-state index in [0.29, 0.717) is 5.57 Å². The molecule has 0 fully saturated rings. The first-order chi connectivity index (χ1) is 15.3. The molecule has 0 aromatic heterocycles. The van der Waals surface area contributed by atoms with Crippen LogP contribution < -0.4 is 10.5 Å². The third-order valence-corrected chi connectivity index (χ3v) is 5.64. The fourth-order valence-corrected chi connectivity index (χ4v) is 3.86. The summed E-state index contributed by atoms with van der Waals surface area (Å²) < 4.78 is 44.3. The van der Waals surface area contributed by atoms with Gasteiger partial charge in [-0.1, -0.05) is 55.4 Å². The van der Waals surface area contributed by atoms with Gasteiger partial charge < -0.3 is 10.5 Å². The fraction of sp³-hybridized carbons (Fsp3) is 0.370. The summed E-state index contributed by atoms with van der Waals surface area (Å²) in [7, 11) is 0. The second-order valence-corrected chi connectivity index (χ2v) is 9.10. The van der Waals surface area contributed by atoms with E-state index in [9.17, 15) is 18.0 Å². The minimum atomic E-state index is -4.68. The molecule has 1 aliphatic carbocycles. The maximum atomic E-state index is 13.1. The van der Waals surface area contributed by atoms with Crippen molar-refractivity contribution in [3.05, 3.63) is 82.5 Å². The number of rotatable bonds is 6. The standard InChI is InChI=1S/C27H32F3NO2/c1-18(11-13-22-20(3)10-7-15-26(22,4)5)8-6-9-19(2)16-25(32)33-24-14-12-21(31)17-23(24)27(28,29)30/h6,8-9,11-14,16-17H,7,10,15,31H2,1-5H3. The SMILES string of the molecule is CC(C=CC1=C(C)CCCC1(C)C)=CC=CC(C)=CC(=O)Oc1ccc(N)cc1C(F)(F)F. The molecule has 0 unspecified atom stereocenters. The molecule has 0 atom stereocenters. The van der Waals surface area contributed by atoms with Crippen LogP contribution in [0, 0.1) is 5.41 Å². The van der Waals surface area contributed by atoms with Gasteiger partial charge in [0.15, 0.2) is 0 Å². The predicted molar refractivity (Wildman–Crippen MR) is 128 cm³/mol. The van der Waals surface area contributed by atoms with Crippen LogP contribution >= 0.6 is 0 Å². The third kappa shape index (κ3) is 7.81. The van der Waals surface area contributed by atoms with Gasteiger partial charge in [-0.05, 0) is 74.8 Å². The molecular weight excluding hydrogens is 427 g/mol. The van der Waals surface area contributed by atoms with Gasteiger partial charge in [0.25, 0.3) is 0 Å². The topological polar surface area (TPSA) is 52.3 Å². The molecule has 0 spiro atoms. The van der Waals surface area contributed by atoms with Crippen molar-refractivity contribution in [2.45, 2.75) is 60.1 Å². The van der Waals surface area contributed by atoms with Gasteiger partial charge in [-0.2, -0.15) is 13.2 Å². The normalized spacial score (nSPS) is 17.8. The highest BCUT2D eigenvalue weighted by Crippen LogP contribution is 2.41. The Hall–Kier alpha value is -3.02. The summed E-state index contributed by atoms with van der Waals surface area (Å²) in [6.07, 6.45) is 9.64. The first kappa shape index (κ1) is 26.2. The van der Waals surface area contributed by atoms with E-state index in [-0.39, 0.29) is 11.1 Å². The van der Waals surface area contributed by atoms with Crippen LogP contribution in [-0.2, 0) is 11.0 Å². The van der Waals surface area contributed by atoms with E-state index in [4.69, 9.17) is 10.5 Å². The van der Waals surface area contributed by atoms with Crippen LogP contribution in [0.5, 0.6) is 5.75 Å². The Labute approximate surface area is 194 Å². The minimum Gasteiger partial charge on any atom is -0.423 e. The Morgan fingerprint density at radius 2 is 1.85 bits per heavy atom. The number of benzene rings is 1. The molecule has 2 N–H and O–H groups in total. The van der Waals surface area contributed by atoms with Gasteiger partial charge in [-0.3, -0.25) is 0 Å². The maximum Gasteiger partial charge on any atom is 0.420 e. The van der Waals surface area contributed by atoms with E-state index in [2.05, 4.69) is 32.9 Å². The van der Waals surface area contributed by atoms with E-state index in [1.165, 1.54) is 30.1 Å². The van der Waals surface area contributed by atoms with Crippen LogP contribution in [0.25, 0.3) is 0 Å². The van der Waals surface area contributed by atoms with Crippen LogP contribution in [0.2, 0.25) is 0 Å². The number of nitrogens with two attached hydrogens (primary N) is 1. The number of halogens is 3. The van der Waals surface area contributed by atoms with Crippen molar-refractivity contribution in [2.24, 2.45) is 5.41 Å². The highest BCUT2D eigenvalue weighted by Gasteiger charge is 2.35. The number of hydrogen-bond donors (Lipinski definition) is 1. The van der Waals surface area contributed by atoms with Gasteiger partial charge in [0, 0.05) is 11.8 Å². The maximum absolute atomic E-state index is 13.1. The van der Waals surface area contributed by atoms with E-state index in [0.717, 1.165) is 30.2 Å². The molecule has 2 rings (SSSR count). The predicted octanol–water partition coefficient (Wildman–Crippen LogP) is 7.72. The van der Waals surface area contributed by atoms with Crippen molar-refractivity contribution in [3.8, 4) is 5.75 Å². The van der Waals surface area contributed by atoms with Gasteiger partial charge in [-0.15, -0.1) is 0 Å². The summed E-state index contributed by atoms with van der Waals surface area (Å²) in [4.78, 5) is 12.1. The quantitative estimate of drug-likeness (QED) is 0.156. The van der Waals surface area contributed by atoms with Gasteiger partial charge in [0.2, 0.25) is 0 Å². The molecule has 0 aliphatic heterocycles. The molecule has 3 nitrogen and oxygen atoms in total. The number of hydrogen-bond acceptors (Lipinski definition) is 3. The highest BCUT2D eigenvalue weighted by atomic mass is 19.4. The lowest BCUT2D eigenvalue weighted by molar-refractivity contribution is -0.140. The van der Waals surface area contributed by atoms with E-state index in [1.54, 1.807) is 19.1 Å². The van der Waals surface area contributed by atoms with Crippen molar-refractivity contribution < 1.29 is 22.7 Å². The monoisotopic (exact) mass is 459 g/mol. The Balaban J connectivity index is 2.05. The average molecular weight is 460 g/mol. The Morgan fingerprint density at radius 1 is 1.15 bits per heavy atom. The van der Waals surface area contributed by atoms with Gasteiger partial charge in [-0.25, -0.2) is 4.79 Å². The molecule has 33 heavy (non-hydrogen) atoms. The van der Waals surface area contributed by atoms with Gasteiger partial charge >= 0.3 is 12.1 Å². The average Bonchev–Trinajstić information content (AvgIpc) is 2.67. The number of carbonyl (C=O) groups is 1. The zero-order chi connectivity index (χ0) is 24.8. The molecule has 0 saturated carbocycles. The van der Waals surface area contributed by atoms with Crippen LogP contribution in [0.3, 0.4) is 0 Å². The number of esters is 1. The van der Waals surface area contributed by atoms with Crippen molar-refractivity contribution >= 4 is 11.7 Å². The summed E-state index contributed by atoms with van der Waals surface area (Å²) in [6, 6.07) is 3.03. The molecular formula is C27H32F3NO2. The number of ether oxygens (including phenoxy) is 1. The Bertz CT molecular complexity index is 1040. The molecule has 6 heteroatoms. The van der Waals surface area contributed by atoms with Crippen molar-refractivity contribution in [2.75, 3.05) is 5.73 Å². The summed E-state index contributed by atoms with van der Waals surface area (Å²) >= 11 is 0. The van der Waals surface area contributed by atoms with Crippen molar-refractivity contribution in [1.82, 2.24) is 0 Å². The lowest BCUT2D eigenvalue weighted by atomic mass is 9.72. The van der Waals surface area contributed by atoms with Crippen LogP contribution in [0.1, 0.15) is 59.4 Å². The van der Waals surface area contributed by atoms with Crippen LogP contribution in [-0.4, -0.2) is 5.97 Å². The lowest BCUT2D eigenvalue weighted by Crippen LogP contribution is -2.19. The van der Waals surface area contributed by atoms with Crippen molar-refractivity contribution in [3.63, 3.8) is 0 Å². The van der Waals surface area contributed by atoms with E-state index >= 15 is 0 Å². The second kappa shape index (κ2) is 10.7. The molecule has 1 aliphatic rings. The molecule has 1 aromatic rings. The minimum absolute atomic E-state index is 0.0634. The molecule has 0 amide bonds. The summed E-state index contributed by atoms with van der Waals surface area (Å²) in [5.74, 6) is -1.47. The van der Waals surface area contributed by atoms with Crippen LogP contribution in [0.15, 0.2) is 76.9 Å². The number of alkyl halides is 3. The zero-order valence-corrected chi connectivity index (χ0v) is 19.8. The first-order valence-corrected chi connectivity index (χ1v) is 10.9. The number of carbonyl (C=O) groups excluding carboxylic acids is 1. The van der Waals surface area contributed by atoms with Crippen molar-refractivity contribution in [1.29, 1.82) is 0 Å². The van der Waals surface area contributed by atoms with E-state index < -0.39 is 23.5 Å². The third-order valence-electron chi connectivity index (χ3n) is 5.64. The highest BCUT2D eigenvalue weighted by molar-refractivity contribution is 5.85. The molecule has 0 radical (unpaired) electrons. The Morgan fingerprint density at radius 3 is 2.48 bits per heavy atom. The summed E-state index contributed by atoms with van der Waals surface area (Å²) in [5, 5.41) is 0. The molecule has 0 heterocycles. The smallest absolute Gasteiger partial charge is 0.420 e. The second-order valence-electron chi connectivity index (χ2n) is 9.10. The van der Waals surface area contributed by atoms with Gasteiger partial charge in [0.1, 0.15) is 11.3 Å². The summed E-state index contributed by atoms with van der Waals surface area (Å²) in [6.45, 7) is 10.4. The molecule has 0 bridgehead atoms. The zero-order valence-electron chi connectivity index (χ0n) is 19.8. The number of allylic oxidation sites excluding steroid dienone is 9. The number of anilines is 1. The van der Waals surface area contributed by atoms with Gasteiger partial charge in [0.05, 0.1) is 0 Å². The fourth-order valence-electron chi connectivity index (χ4n) is 3.86. The van der Waals surface area contributed by atoms with E-state index in [1.807, 2.05) is 13.0 Å².